The summed E-state index contributed by atoms with van der Waals surface area (Å²) >= 11 is 0. The smallest absolute Gasteiger partial charge is 0.119 e. The second-order valence-corrected chi connectivity index (χ2v) is 8.25. The number of likely N-dealkylation sites (N-methyl/N-ethyl adjacent to an activating group) is 1. The summed E-state index contributed by atoms with van der Waals surface area (Å²) in [7, 11) is 4.20. The zero-order valence-corrected chi connectivity index (χ0v) is 16.0. The molecule has 1 saturated heterocycles. The molecule has 23 heavy (non-hydrogen) atoms. The summed E-state index contributed by atoms with van der Waals surface area (Å²) in [5, 5.41) is 0. The minimum absolute atomic E-state index is 0. The minimum Gasteiger partial charge on any atom is -0.497 e. The van der Waals surface area contributed by atoms with Crippen molar-refractivity contribution in [1.82, 2.24) is 4.90 Å². The van der Waals surface area contributed by atoms with Crippen molar-refractivity contribution < 1.29 is 4.74 Å². The highest BCUT2D eigenvalue weighted by Gasteiger charge is 2.65. The third kappa shape index (κ3) is 1.90. The molecule has 126 valence electrons. The Hall–Kier alpha value is -0.540. The molecule has 1 aromatic rings. The van der Waals surface area contributed by atoms with E-state index in [4.69, 9.17) is 4.74 Å². The van der Waals surface area contributed by atoms with E-state index in [0.717, 1.165) is 17.7 Å². The number of piperidine rings is 1. The maximum absolute atomic E-state index is 5.59. The van der Waals surface area contributed by atoms with E-state index >= 15 is 0 Å². The first-order valence-electron chi connectivity index (χ1n) is 9.11. The molecule has 4 aliphatic rings. The number of benzene rings is 1. The van der Waals surface area contributed by atoms with Gasteiger partial charge < -0.3 is 9.64 Å². The van der Waals surface area contributed by atoms with E-state index in [2.05, 4.69) is 30.1 Å². The molecule has 0 N–H and O–H groups in total. The predicted octanol–water partition coefficient (Wildman–Crippen LogP) is 4.45. The van der Waals surface area contributed by atoms with Gasteiger partial charge in [0.15, 0.2) is 0 Å². The highest BCUT2D eigenvalue weighted by Crippen LogP contribution is 2.67. The molecule has 0 radical (unpaired) electrons. The van der Waals surface area contributed by atoms with Gasteiger partial charge in [0.2, 0.25) is 0 Å². The van der Waals surface area contributed by atoms with Gasteiger partial charge in [0, 0.05) is 16.9 Å². The van der Waals surface area contributed by atoms with Crippen LogP contribution in [0.25, 0.3) is 0 Å². The van der Waals surface area contributed by atoms with Crippen LogP contribution in [-0.4, -0.2) is 31.6 Å². The zero-order chi connectivity index (χ0) is 14.9. The monoisotopic (exact) mass is 377 g/mol. The molecule has 0 unspecified atom stereocenters. The number of methoxy groups -OCH3 is 1. The Morgan fingerprint density at radius 3 is 2.61 bits per heavy atom. The van der Waals surface area contributed by atoms with Crippen molar-refractivity contribution in [3.05, 3.63) is 29.3 Å². The first kappa shape index (κ1) is 16.0. The van der Waals surface area contributed by atoms with Gasteiger partial charge in [-0.15, -0.1) is 17.0 Å². The van der Waals surface area contributed by atoms with Crippen LogP contribution in [0.5, 0.6) is 5.75 Å². The van der Waals surface area contributed by atoms with E-state index in [1.165, 1.54) is 51.5 Å². The molecule has 3 heteroatoms. The molecule has 0 aromatic heterocycles. The van der Waals surface area contributed by atoms with Crippen LogP contribution in [0, 0.1) is 5.92 Å². The molecule has 3 atom stereocenters. The molecule has 0 amide bonds. The molecule has 2 saturated carbocycles. The van der Waals surface area contributed by atoms with Gasteiger partial charge in [-0.1, -0.05) is 18.9 Å². The van der Waals surface area contributed by atoms with Gasteiger partial charge >= 0.3 is 0 Å². The van der Waals surface area contributed by atoms with Crippen LogP contribution in [0.4, 0.5) is 0 Å². The van der Waals surface area contributed by atoms with Crippen LogP contribution in [0.3, 0.4) is 0 Å². The number of rotatable bonds is 1. The Bertz CT molecular complexity index is 626. The van der Waals surface area contributed by atoms with Crippen LogP contribution >= 0.6 is 17.0 Å². The van der Waals surface area contributed by atoms with Crippen molar-refractivity contribution >= 4 is 17.0 Å². The normalized spacial score (nSPS) is 36.6. The molecule has 1 spiro atoms. The van der Waals surface area contributed by atoms with E-state index < -0.39 is 0 Å². The molecular weight excluding hydrogens is 350 g/mol. The molecule has 3 aliphatic carbocycles. The summed E-state index contributed by atoms with van der Waals surface area (Å²) in [5.41, 5.74) is 4.29. The van der Waals surface area contributed by atoms with E-state index in [0.29, 0.717) is 10.8 Å². The van der Waals surface area contributed by atoms with Crippen molar-refractivity contribution in [2.75, 3.05) is 20.7 Å². The van der Waals surface area contributed by atoms with Gasteiger partial charge in [-0.2, -0.15) is 0 Å². The first-order chi connectivity index (χ1) is 10.7. The fourth-order valence-electron chi connectivity index (χ4n) is 6.49. The standard InChI is InChI=1S/C20H27NO.BrH/c1-21-12-11-19-8-4-3-5-16(19)18(21)20(9-10-20)15-7-6-14(22-2)13-17(15)19;/h6-7,13,16,18H,3-5,8-12H2,1-2H3;1H/t16-,18-,19+;/m0./s1. The fraction of sp³-hybridized carbons (Fsp3) is 0.700. The molecular formula is C20H28BrNO. The summed E-state index contributed by atoms with van der Waals surface area (Å²) in [4.78, 5) is 2.72. The van der Waals surface area contributed by atoms with Crippen molar-refractivity contribution in [3.63, 3.8) is 0 Å². The second-order valence-electron chi connectivity index (χ2n) is 8.25. The predicted molar refractivity (Wildman–Crippen MR) is 98.9 cm³/mol. The zero-order valence-electron chi connectivity index (χ0n) is 14.3. The molecule has 1 heterocycles. The molecule has 3 fully saturated rings. The van der Waals surface area contributed by atoms with Gasteiger partial charge in [0.25, 0.3) is 0 Å². The number of fused-ring (bicyclic) bond motifs is 3. The molecule has 5 rings (SSSR count). The molecule has 1 aliphatic heterocycles. The average Bonchev–Trinajstić information content (AvgIpc) is 3.35. The Morgan fingerprint density at radius 2 is 1.87 bits per heavy atom. The number of halogens is 1. The molecule has 1 aromatic carbocycles. The largest absolute Gasteiger partial charge is 0.497 e. The number of hydrogen-bond acceptors (Lipinski definition) is 2. The fourth-order valence-corrected chi connectivity index (χ4v) is 6.49. The number of ether oxygens (including phenoxy) is 1. The van der Waals surface area contributed by atoms with Crippen LogP contribution in [0.1, 0.15) is 56.1 Å². The Balaban J connectivity index is 0.00000135. The van der Waals surface area contributed by atoms with E-state index in [1.54, 1.807) is 11.1 Å². The molecule has 2 bridgehead atoms. The van der Waals surface area contributed by atoms with Gasteiger partial charge in [-0.05, 0) is 74.9 Å². The van der Waals surface area contributed by atoms with E-state index in [1.807, 2.05) is 7.11 Å². The number of nitrogens with zero attached hydrogens (tertiary/aromatic N) is 1. The summed E-state index contributed by atoms with van der Waals surface area (Å²) < 4.78 is 5.59. The summed E-state index contributed by atoms with van der Waals surface area (Å²) in [6.45, 7) is 1.28. The lowest BCUT2D eigenvalue weighted by Gasteiger charge is -2.61. The van der Waals surface area contributed by atoms with Crippen molar-refractivity contribution in [2.24, 2.45) is 5.92 Å². The third-order valence-electron chi connectivity index (χ3n) is 7.52. The van der Waals surface area contributed by atoms with Crippen LogP contribution < -0.4 is 4.74 Å². The minimum atomic E-state index is 0. The lowest BCUT2D eigenvalue weighted by molar-refractivity contribution is -0.0192. The van der Waals surface area contributed by atoms with Crippen molar-refractivity contribution in [3.8, 4) is 5.75 Å². The van der Waals surface area contributed by atoms with Crippen LogP contribution in [0.15, 0.2) is 18.2 Å². The second kappa shape index (κ2) is 5.23. The van der Waals surface area contributed by atoms with Gasteiger partial charge in [-0.3, -0.25) is 0 Å². The van der Waals surface area contributed by atoms with Crippen LogP contribution in [-0.2, 0) is 10.8 Å². The highest BCUT2D eigenvalue weighted by molar-refractivity contribution is 8.93. The van der Waals surface area contributed by atoms with Crippen molar-refractivity contribution in [2.45, 2.75) is 61.8 Å². The van der Waals surface area contributed by atoms with Crippen LogP contribution in [0.2, 0.25) is 0 Å². The Morgan fingerprint density at radius 1 is 1.04 bits per heavy atom. The van der Waals surface area contributed by atoms with Crippen molar-refractivity contribution in [1.29, 1.82) is 0 Å². The molecule has 2 nitrogen and oxygen atoms in total. The quantitative estimate of drug-likeness (QED) is 0.716. The summed E-state index contributed by atoms with van der Waals surface area (Å²) in [6, 6.07) is 7.83. The highest BCUT2D eigenvalue weighted by atomic mass is 79.9. The average molecular weight is 378 g/mol. The Labute approximate surface area is 150 Å². The first-order valence-corrected chi connectivity index (χ1v) is 9.11. The van der Waals surface area contributed by atoms with Gasteiger partial charge in [0.05, 0.1) is 7.11 Å². The number of hydrogen-bond donors (Lipinski definition) is 0. The number of likely N-dealkylation sites (tertiary alicyclic amines) is 1. The summed E-state index contributed by atoms with van der Waals surface area (Å²) in [6.07, 6.45) is 9.83. The maximum Gasteiger partial charge on any atom is 0.119 e. The summed E-state index contributed by atoms with van der Waals surface area (Å²) in [5.74, 6) is 1.94. The van der Waals surface area contributed by atoms with E-state index in [-0.39, 0.29) is 17.0 Å². The maximum atomic E-state index is 5.59. The SMILES string of the molecule is Br.COc1ccc2c(c1)[C@@]13CCCC[C@H]1[C@H](N(C)CC3)C21CC1. The van der Waals surface area contributed by atoms with Gasteiger partial charge in [-0.25, -0.2) is 0 Å². The van der Waals surface area contributed by atoms with E-state index in [9.17, 15) is 0 Å². The topological polar surface area (TPSA) is 12.5 Å². The Kier molecular flexibility index (Phi) is 3.63. The lowest BCUT2D eigenvalue weighted by atomic mass is 9.49. The van der Waals surface area contributed by atoms with Gasteiger partial charge in [0.1, 0.15) is 5.75 Å². The third-order valence-corrected chi connectivity index (χ3v) is 7.52. The lowest BCUT2D eigenvalue weighted by Crippen LogP contribution is -2.63.